The summed E-state index contributed by atoms with van der Waals surface area (Å²) in [4.78, 5) is 4.38. The van der Waals surface area contributed by atoms with Gasteiger partial charge < -0.3 is 20.4 Å². The first-order valence-electron chi connectivity index (χ1n) is 8.55. The third-order valence-electron chi connectivity index (χ3n) is 4.29. The van der Waals surface area contributed by atoms with Crippen LogP contribution in [0.25, 0.3) is 11.6 Å². The fourth-order valence-electron chi connectivity index (χ4n) is 2.79. The number of aromatic hydroxyl groups is 1. The lowest BCUT2D eigenvalue weighted by atomic mass is 9.91. The molecule has 0 aliphatic carbocycles. The Balaban J connectivity index is 2.20. The topological polar surface area (TPSA) is 93.8 Å². The van der Waals surface area contributed by atoms with Crippen molar-refractivity contribution in [1.29, 1.82) is 0 Å². The smallest absolute Gasteiger partial charge is 0.115 e. The van der Waals surface area contributed by atoms with E-state index >= 15 is 0 Å². The van der Waals surface area contributed by atoms with Gasteiger partial charge in [0, 0.05) is 12.1 Å². The van der Waals surface area contributed by atoms with E-state index in [2.05, 4.69) is 11.6 Å². The summed E-state index contributed by atoms with van der Waals surface area (Å²) in [5.41, 5.74) is 2.64. The van der Waals surface area contributed by atoms with Gasteiger partial charge in [-0.15, -0.1) is 6.58 Å². The Morgan fingerprint density at radius 1 is 1.08 bits per heavy atom. The Kier molecular flexibility index (Phi) is 7.53. The SMILES string of the molecule is C=C[C@@H]([C@H](O)CO)[C@H](O)CC/C(=C/c1ccc(O)cc1)c1ccccn1. The molecule has 1 aromatic carbocycles. The normalized spacial score (nSPS) is 15.3. The summed E-state index contributed by atoms with van der Waals surface area (Å²) in [6.45, 7) is 3.20. The maximum atomic E-state index is 10.4. The van der Waals surface area contributed by atoms with Gasteiger partial charge in [-0.2, -0.15) is 0 Å². The van der Waals surface area contributed by atoms with Gasteiger partial charge in [-0.3, -0.25) is 4.98 Å². The number of benzene rings is 1. The molecule has 26 heavy (non-hydrogen) atoms. The molecule has 0 aliphatic rings. The lowest BCUT2D eigenvalue weighted by molar-refractivity contribution is 0.00256. The first kappa shape index (κ1) is 19.8. The molecule has 0 saturated carbocycles. The van der Waals surface area contributed by atoms with Crippen LogP contribution in [-0.4, -0.2) is 44.2 Å². The molecule has 0 radical (unpaired) electrons. The molecule has 4 N–H and O–H groups in total. The van der Waals surface area contributed by atoms with Crippen LogP contribution in [-0.2, 0) is 0 Å². The average Bonchev–Trinajstić information content (AvgIpc) is 2.67. The van der Waals surface area contributed by atoms with Crippen molar-refractivity contribution in [2.75, 3.05) is 6.61 Å². The molecule has 0 saturated heterocycles. The van der Waals surface area contributed by atoms with Crippen LogP contribution in [0.2, 0.25) is 0 Å². The molecule has 0 fully saturated rings. The highest BCUT2D eigenvalue weighted by molar-refractivity contribution is 5.80. The molecular weight excluding hydrogens is 330 g/mol. The van der Waals surface area contributed by atoms with Gasteiger partial charge in [0.1, 0.15) is 5.75 Å². The highest BCUT2D eigenvalue weighted by atomic mass is 16.3. The molecule has 5 nitrogen and oxygen atoms in total. The molecule has 0 amide bonds. The summed E-state index contributed by atoms with van der Waals surface area (Å²) in [5, 5.41) is 38.7. The number of hydrogen-bond donors (Lipinski definition) is 4. The molecular formula is C21H25NO4. The number of hydrogen-bond acceptors (Lipinski definition) is 5. The van der Waals surface area contributed by atoms with Gasteiger partial charge in [0.25, 0.3) is 0 Å². The summed E-state index contributed by atoms with van der Waals surface area (Å²) in [6.07, 6.45) is 4.17. The van der Waals surface area contributed by atoms with E-state index in [4.69, 9.17) is 5.11 Å². The highest BCUT2D eigenvalue weighted by Gasteiger charge is 2.23. The van der Waals surface area contributed by atoms with Gasteiger partial charge in [-0.25, -0.2) is 0 Å². The van der Waals surface area contributed by atoms with Crippen molar-refractivity contribution in [1.82, 2.24) is 4.98 Å². The van der Waals surface area contributed by atoms with Crippen molar-refractivity contribution in [3.8, 4) is 5.75 Å². The zero-order chi connectivity index (χ0) is 18.9. The first-order chi connectivity index (χ1) is 12.5. The molecule has 1 aromatic heterocycles. The van der Waals surface area contributed by atoms with Gasteiger partial charge in [0.05, 0.1) is 24.5 Å². The lowest BCUT2D eigenvalue weighted by Crippen LogP contribution is -2.32. The second-order valence-corrected chi connectivity index (χ2v) is 6.15. The van der Waals surface area contributed by atoms with Crippen molar-refractivity contribution < 1.29 is 20.4 Å². The van der Waals surface area contributed by atoms with Gasteiger partial charge in [0.2, 0.25) is 0 Å². The average molecular weight is 355 g/mol. The molecule has 3 atom stereocenters. The Morgan fingerprint density at radius 2 is 1.81 bits per heavy atom. The standard InChI is InChI=1S/C21H25NO4/c1-2-18(21(26)14-23)20(25)11-8-16(19-5-3-4-12-22-19)13-15-6-9-17(24)10-7-15/h2-7,9-10,12-13,18,20-21,23-26H,1,8,11,14H2/b16-13-/t18-,20-,21-/m1/s1. The fourth-order valence-corrected chi connectivity index (χ4v) is 2.79. The highest BCUT2D eigenvalue weighted by Crippen LogP contribution is 2.25. The van der Waals surface area contributed by atoms with Crippen LogP contribution in [0.3, 0.4) is 0 Å². The van der Waals surface area contributed by atoms with Crippen molar-refractivity contribution in [3.05, 3.63) is 72.6 Å². The summed E-state index contributed by atoms with van der Waals surface area (Å²) in [5.74, 6) is -0.401. The van der Waals surface area contributed by atoms with E-state index in [0.29, 0.717) is 12.8 Å². The minimum atomic E-state index is -1.04. The quantitative estimate of drug-likeness (QED) is 0.519. The Hall–Kier alpha value is -2.47. The number of nitrogens with zero attached hydrogens (tertiary/aromatic N) is 1. The maximum absolute atomic E-state index is 10.4. The van der Waals surface area contributed by atoms with Crippen LogP contribution >= 0.6 is 0 Å². The number of phenolic OH excluding ortho intramolecular Hbond substituents is 1. The molecule has 0 unspecified atom stereocenters. The maximum Gasteiger partial charge on any atom is 0.115 e. The third kappa shape index (κ3) is 5.52. The minimum absolute atomic E-state index is 0.198. The summed E-state index contributed by atoms with van der Waals surface area (Å²) in [6, 6.07) is 12.5. The summed E-state index contributed by atoms with van der Waals surface area (Å²) < 4.78 is 0. The molecule has 0 bridgehead atoms. The van der Waals surface area contributed by atoms with Gasteiger partial charge in [0.15, 0.2) is 0 Å². The van der Waals surface area contributed by atoms with E-state index in [9.17, 15) is 15.3 Å². The molecule has 0 spiro atoms. The molecule has 2 rings (SSSR count). The van der Waals surface area contributed by atoms with Gasteiger partial charge in [-0.1, -0.05) is 24.3 Å². The Morgan fingerprint density at radius 3 is 2.38 bits per heavy atom. The van der Waals surface area contributed by atoms with Crippen LogP contribution in [0, 0.1) is 5.92 Å². The molecule has 1 heterocycles. The van der Waals surface area contributed by atoms with Crippen LogP contribution in [0.15, 0.2) is 61.3 Å². The van der Waals surface area contributed by atoms with E-state index in [1.807, 2.05) is 24.3 Å². The second kappa shape index (κ2) is 9.87. The van der Waals surface area contributed by atoms with E-state index < -0.39 is 24.7 Å². The van der Waals surface area contributed by atoms with Crippen molar-refractivity contribution >= 4 is 11.6 Å². The number of phenols is 1. The van der Waals surface area contributed by atoms with Gasteiger partial charge >= 0.3 is 0 Å². The first-order valence-corrected chi connectivity index (χ1v) is 8.55. The molecule has 138 valence electrons. The van der Waals surface area contributed by atoms with Crippen molar-refractivity contribution in [3.63, 3.8) is 0 Å². The van der Waals surface area contributed by atoms with E-state index in [1.165, 1.54) is 6.08 Å². The van der Waals surface area contributed by atoms with E-state index in [0.717, 1.165) is 16.8 Å². The second-order valence-electron chi connectivity index (χ2n) is 6.15. The Bertz CT molecular complexity index is 713. The van der Waals surface area contributed by atoms with E-state index in [1.54, 1.807) is 30.5 Å². The summed E-state index contributed by atoms with van der Waals surface area (Å²) in [7, 11) is 0. The largest absolute Gasteiger partial charge is 0.508 e. The van der Waals surface area contributed by atoms with Crippen molar-refractivity contribution in [2.45, 2.75) is 25.0 Å². The molecule has 5 heteroatoms. The third-order valence-corrected chi connectivity index (χ3v) is 4.29. The molecule has 2 aromatic rings. The zero-order valence-corrected chi connectivity index (χ0v) is 14.6. The number of aliphatic hydroxyl groups is 3. The Labute approximate surface area is 153 Å². The zero-order valence-electron chi connectivity index (χ0n) is 14.6. The fraction of sp³-hybridized carbons (Fsp3) is 0.286. The minimum Gasteiger partial charge on any atom is -0.508 e. The van der Waals surface area contributed by atoms with Crippen LogP contribution in [0.1, 0.15) is 24.1 Å². The monoisotopic (exact) mass is 355 g/mol. The van der Waals surface area contributed by atoms with Crippen molar-refractivity contribution in [2.24, 2.45) is 5.92 Å². The van der Waals surface area contributed by atoms with Crippen LogP contribution in [0.4, 0.5) is 0 Å². The van der Waals surface area contributed by atoms with Gasteiger partial charge in [-0.05, 0) is 54.3 Å². The lowest BCUT2D eigenvalue weighted by Gasteiger charge is -2.23. The number of aliphatic hydroxyl groups excluding tert-OH is 3. The van der Waals surface area contributed by atoms with Crippen LogP contribution < -0.4 is 0 Å². The number of allylic oxidation sites excluding steroid dienone is 1. The van der Waals surface area contributed by atoms with E-state index in [-0.39, 0.29) is 5.75 Å². The predicted molar refractivity (Wildman–Crippen MR) is 102 cm³/mol. The number of rotatable bonds is 9. The number of aromatic nitrogens is 1. The summed E-state index contributed by atoms with van der Waals surface area (Å²) >= 11 is 0. The predicted octanol–water partition coefficient (Wildman–Crippen LogP) is 2.62. The molecule has 0 aliphatic heterocycles. The number of pyridine rings is 1. The van der Waals surface area contributed by atoms with Crippen LogP contribution in [0.5, 0.6) is 5.75 Å².